The van der Waals surface area contributed by atoms with E-state index >= 15 is 0 Å². The fourth-order valence-electron chi connectivity index (χ4n) is 4.75. The summed E-state index contributed by atoms with van der Waals surface area (Å²) >= 11 is 3.47. The van der Waals surface area contributed by atoms with E-state index < -0.39 is 0 Å². The lowest BCUT2D eigenvalue weighted by atomic mass is 10.0. The number of carbonyl (C=O) groups is 1. The van der Waals surface area contributed by atoms with Gasteiger partial charge in [0.25, 0.3) is 0 Å². The van der Waals surface area contributed by atoms with Crippen molar-refractivity contribution in [1.29, 1.82) is 0 Å². The molecular formula is C34H59BrO4. The van der Waals surface area contributed by atoms with Gasteiger partial charge in [0.1, 0.15) is 6.10 Å². The number of hydrogen-bond donors (Lipinski definition) is 0. The van der Waals surface area contributed by atoms with Crippen LogP contribution >= 0.6 is 15.9 Å². The molecule has 0 aliphatic rings. The summed E-state index contributed by atoms with van der Waals surface area (Å²) in [5, 5.41) is 1.05. The lowest BCUT2D eigenvalue weighted by Crippen LogP contribution is -2.28. The van der Waals surface area contributed by atoms with Crippen molar-refractivity contribution in [2.24, 2.45) is 0 Å². The maximum absolute atomic E-state index is 12.4. The molecule has 0 bridgehead atoms. The van der Waals surface area contributed by atoms with Gasteiger partial charge in [-0.3, -0.25) is 4.79 Å². The Hall–Kier alpha value is -0.910. The van der Waals surface area contributed by atoms with Gasteiger partial charge in [0.2, 0.25) is 0 Å². The quantitative estimate of drug-likeness (QED) is 0.0514. The number of ether oxygens (including phenoxy) is 3. The second-order valence-corrected chi connectivity index (χ2v) is 11.8. The minimum Gasteiger partial charge on any atom is -0.457 e. The molecule has 1 atom stereocenters. The van der Waals surface area contributed by atoms with Gasteiger partial charge in [-0.25, -0.2) is 0 Å². The van der Waals surface area contributed by atoms with E-state index in [0.717, 1.165) is 36.8 Å². The van der Waals surface area contributed by atoms with Gasteiger partial charge < -0.3 is 14.2 Å². The first kappa shape index (κ1) is 36.1. The Labute approximate surface area is 249 Å². The molecule has 1 aromatic carbocycles. The summed E-state index contributed by atoms with van der Waals surface area (Å²) in [7, 11) is 0. The van der Waals surface area contributed by atoms with Gasteiger partial charge in [0.05, 0.1) is 19.8 Å². The molecule has 1 unspecified atom stereocenters. The average Bonchev–Trinajstić information content (AvgIpc) is 2.95. The summed E-state index contributed by atoms with van der Waals surface area (Å²) in [5.74, 6) is -0.135. The van der Waals surface area contributed by atoms with Crippen LogP contribution in [0.1, 0.15) is 141 Å². The fraction of sp³-hybridized carbons (Fsp3) is 0.794. The Balaban J connectivity index is 2.11. The molecule has 39 heavy (non-hydrogen) atoms. The van der Waals surface area contributed by atoms with Crippen LogP contribution in [-0.2, 0) is 25.6 Å². The van der Waals surface area contributed by atoms with Gasteiger partial charge in [0.15, 0.2) is 0 Å². The number of unbranched alkanes of at least 4 members (excludes halogenated alkanes) is 17. The zero-order valence-electron chi connectivity index (χ0n) is 25.2. The molecule has 0 fully saturated rings. The number of esters is 1. The van der Waals surface area contributed by atoms with Crippen molar-refractivity contribution < 1.29 is 19.0 Å². The molecular weight excluding hydrogens is 552 g/mol. The molecule has 0 saturated carbocycles. The van der Waals surface area contributed by atoms with E-state index in [1.54, 1.807) is 0 Å². The van der Waals surface area contributed by atoms with Crippen molar-refractivity contribution >= 4 is 21.9 Å². The topological polar surface area (TPSA) is 44.8 Å². The first-order valence-electron chi connectivity index (χ1n) is 16.2. The third kappa shape index (κ3) is 24.6. The number of rotatable bonds is 29. The van der Waals surface area contributed by atoms with Crippen LogP contribution in [0.4, 0.5) is 0 Å². The summed E-state index contributed by atoms with van der Waals surface area (Å²) in [6, 6.07) is 10.1. The lowest BCUT2D eigenvalue weighted by molar-refractivity contribution is -0.156. The summed E-state index contributed by atoms with van der Waals surface area (Å²) in [5.41, 5.74) is 1.12. The first-order chi connectivity index (χ1) is 19.3. The summed E-state index contributed by atoms with van der Waals surface area (Å²) in [6.45, 7) is 4.29. The molecule has 5 heteroatoms. The zero-order chi connectivity index (χ0) is 28.1. The summed E-state index contributed by atoms with van der Waals surface area (Å²) < 4.78 is 17.5. The second kappa shape index (κ2) is 28.6. The number of benzene rings is 1. The predicted molar refractivity (Wildman–Crippen MR) is 169 cm³/mol. The molecule has 4 nitrogen and oxygen atoms in total. The minimum absolute atomic E-state index is 0.135. The van der Waals surface area contributed by atoms with Crippen molar-refractivity contribution in [2.75, 3.05) is 25.2 Å². The Morgan fingerprint density at radius 3 is 1.77 bits per heavy atom. The molecule has 0 amide bonds. The Bertz CT molecular complexity index is 639. The van der Waals surface area contributed by atoms with Crippen molar-refractivity contribution in [3.63, 3.8) is 0 Å². The second-order valence-electron chi connectivity index (χ2n) is 11.0. The van der Waals surface area contributed by atoms with Gasteiger partial charge >= 0.3 is 5.97 Å². The molecule has 226 valence electrons. The Kier molecular flexibility index (Phi) is 26.5. The zero-order valence-corrected chi connectivity index (χ0v) is 26.7. The van der Waals surface area contributed by atoms with Crippen molar-refractivity contribution in [3.05, 3.63) is 35.9 Å². The van der Waals surface area contributed by atoms with Crippen molar-refractivity contribution in [2.45, 2.75) is 148 Å². The summed E-state index contributed by atoms with van der Waals surface area (Å²) in [6.07, 6.45) is 24.6. The lowest BCUT2D eigenvalue weighted by Gasteiger charge is -2.18. The standard InChI is InChI=1S/C34H59BrO4/c1-2-3-4-5-6-7-8-9-10-11-12-13-17-23-28-37-30-33(31-38-29-32-24-19-18-20-25-32)39-34(36)26-21-15-14-16-22-27-35/h18-20,24-25,33H,2-17,21-23,26-31H2,1H3. The minimum atomic E-state index is -0.346. The molecule has 0 spiro atoms. The van der Waals surface area contributed by atoms with Gasteiger partial charge in [-0.1, -0.05) is 156 Å². The van der Waals surface area contributed by atoms with Crippen molar-refractivity contribution in [3.8, 4) is 0 Å². The van der Waals surface area contributed by atoms with Crippen LogP contribution in [0.3, 0.4) is 0 Å². The van der Waals surface area contributed by atoms with E-state index in [2.05, 4.69) is 22.9 Å². The van der Waals surface area contributed by atoms with Gasteiger partial charge in [0, 0.05) is 18.4 Å². The van der Waals surface area contributed by atoms with E-state index in [9.17, 15) is 4.79 Å². The fourth-order valence-corrected chi connectivity index (χ4v) is 5.15. The molecule has 0 aromatic heterocycles. The van der Waals surface area contributed by atoms with Gasteiger partial charge in [-0.15, -0.1) is 0 Å². The molecule has 1 rings (SSSR count). The largest absolute Gasteiger partial charge is 0.457 e. The number of halogens is 1. The number of alkyl halides is 1. The molecule has 0 saturated heterocycles. The van der Waals surface area contributed by atoms with Crippen LogP contribution in [0.5, 0.6) is 0 Å². The van der Waals surface area contributed by atoms with Crippen LogP contribution in [0, 0.1) is 0 Å². The highest BCUT2D eigenvalue weighted by Crippen LogP contribution is 2.13. The van der Waals surface area contributed by atoms with Crippen LogP contribution in [0.25, 0.3) is 0 Å². The number of hydrogen-bond acceptors (Lipinski definition) is 4. The molecule has 0 N–H and O–H groups in total. The third-order valence-electron chi connectivity index (χ3n) is 7.17. The first-order valence-corrected chi connectivity index (χ1v) is 17.3. The van der Waals surface area contributed by atoms with Crippen LogP contribution in [0.15, 0.2) is 30.3 Å². The van der Waals surface area contributed by atoms with E-state index in [-0.39, 0.29) is 12.1 Å². The summed E-state index contributed by atoms with van der Waals surface area (Å²) in [4.78, 5) is 12.4. The maximum atomic E-state index is 12.4. The highest BCUT2D eigenvalue weighted by molar-refractivity contribution is 9.09. The maximum Gasteiger partial charge on any atom is 0.306 e. The van der Waals surface area contributed by atoms with Gasteiger partial charge in [-0.2, -0.15) is 0 Å². The van der Waals surface area contributed by atoms with E-state index in [1.165, 1.54) is 103 Å². The Morgan fingerprint density at radius 1 is 0.667 bits per heavy atom. The van der Waals surface area contributed by atoms with Crippen LogP contribution < -0.4 is 0 Å². The third-order valence-corrected chi connectivity index (χ3v) is 7.73. The predicted octanol–water partition coefficient (Wildman–Crippen LogP) is 10.3. The Morgan fingerprint density at radius 2 is 1.18 bits per heavy atom. The monoisotopic (exact) mass is 610 g/mol. The number of carbonyl (C=O) groups excluding carboxylic acids is 1. The van der Waals surface area contributed by atoms with E-state index in [4.69, 9.17) is 14.2 Å². The van der Waals surface area contributed by atoms with Crippen LogP contribution in [0.2, 0.25) is 0 Å². The van der Waals surface area contributed by atoms with Crippen LogP contribution in [-0.4, -0.2) is 37.2 Å². The molecule has 1 aromatic rings. The highest BCUT2D eigenvalue weighted by atomic mass is 79.9. The normalized spacial score (nSPS) is 12.1. The SMILES string of the molecule is CCCCCCCCCCCCCCCCOCC(COCc1ccccc1)OC(=O)CCCCCCCBr. The highest BCUT2D eigenvalue weighted by Gasteiger charge is 2.15. The van der Waals surface area contributed by atoms with E-state index in [1.807, 2.05) is 30.3 Å². The average molecular weight is 612 g/mol. The molecule has 0 heterocycles. The van der Waals surface area contributed by atoms with E-state index in [0.29, 0.717) is 26.2 Å². The molecule has 0 aliphatic carbocycles. The smallest absolute Gasteiger partial charge is 0.306 e. The molecule has 0 radical (unpaired) electrons. The van der Waals surface area contributed by atoms with Crippen molar-refractivity contribution in [1.82, 2.24) is 0 Å². The molecule has 0 aliphatic heterocycles. The van der Waals surface area contributed by atoms with Gasteiger partial charge in [-0.05, 0) is 24.8 Å².